The number of hydrogen-bond donors (Lipinski definition) is 2. The molecule has 2 amide bonds. The van der Waals surface area contributed by atoms with Gasteiger partial charge in [0.25, 0.3) is 5.91 Å². The molecule has 3 aliphatic rings. The number of thioether (sulfide) groups is 1. The van der Waals surface area contributed by atoms with E-state index in [2.05, 4.69) is 15.6 Å². The van der Waals surface area contributed by atoms with Crippen molar-refractivity contribution in [2.24, 2.45) is 4.99 Å². The summed E-state index contributed by atoms with van der Waals surface area (Å²) in [5.74, 6) is -0.428. The Bertz CT molecular complexity index is 392. The minimum Gasteiger partial charge on any atom is -0.314 e. The van der Waals surface area contributed by atoms with E-state index < -0.39 is 0 Å². The van der Waals surface area contributed by atoms with Crippen LogP contribution < -0.4 is 10.6 Å². The second-order valence-corrected chi connectivity index (χ2v) is 5.60. The van der Waals surface area contributed by atoms with Gasteiger partial charge in [-0.05, 0) is 0 Å². The first kappa shape index (κ1) is 11.2. The van der Waals surface area contributed by atoms with Crippen LogP contribution in [0.25, 0.3) is 0 Å². The fraction of sp³-hybridized carbons (Fsp3) is 0.700. The number of amides is 2. The van der Waals surface area contributed by atoms with Crippen molar-refractivity contribution in [3.8, 4) is 0 Å². The number of amidine groups is 1. The maximum atomic E-state index is 11.7. The van der Waals surface area contributed by atoms with Gasteiger partial charge >= 0.3 is 0 Å². The summed E-state index contributed by atoms with van der Waals surface area (Å²) in [6.45, 7) is 3.49. The number of nitrogens with one attached hydrogen (secondary N) is 2. The van der Waals surface area contributed by atoms with Gasteiger partial charge in [0.05, 0.1) is 0 Å². The van der Waals surface area contributed by atoms with Crippen molar-refractivity contribution in [2.75, 3.05) is 26.2 Å². The number of hydrogen-bond acceptors (Lipinski definition) is 5. The summed E-state index contributed by atoms with van der Waals surface area (Å²) in [5, 5.41) is 7.64. The minimum absolute atomic E-state index is 0.0763. The SMILES string of the molecule is O=C1CC(=O)N2CC(C3CNCCN3)SC2=N1. The third-order valence-electron chi connectivity index (χ3n) is 3.20. The van der Waals surface area contributed by atoms with Gasteiger partial charge in [-0.25, -0.2) is 0 Å². The van der Waals surface area contributed by atoms with Gasteiger partial charge in [0.1, 0.15) is 6.42 Å². The van der Waals surface area contributed by atoms with Crippen molar-refractivity contribution in [3.05, 3.63) is 0 Å². The van der Waals surface area contributed by atoms with Crippen LogP contribution in [0.2, 0.25) is 0 Å². The van der Waals surface area contributed by atoms with Crippen LogP contribution in [0.5, 0.6) is 0 Å². The van der Waals surface area contributed by atoms with Crippen LogP contribution in [0.15, 0.2) is 4.99 Å². The lowest BCUT2D eigenvalue weighted by Crippen LogP contribution is -2.54. The second-order valence-electron chi connectivity index (χ2n) is 4.39. The number of nitrogens with zero attached hydrogens (tertiary/aromatic N) is 2. The molecule has 0 aromatic heterocycles. The third kappa shape index (κ3) is 2.10. The molecule has 7 heteroatoms. The van der Waals surface area contributed by atoms with Crippen molar-refractivity contribution in [1.82, 2.24) is 15.5 Å². The number of fused-ring (bicyclic) bond motifs is 1. The average molecular weight is 254 g/mol. The first-order valence-corrected chi connectivity index (χ1v) is 6.64. The summed E-state index contributed by atoms with van der Waals surface area (Å²) in [6.07, 6.45) is -0.0763. The fourth-order valence-electron chi connectivity index (χ4n) is 2.31. The van der Waals surface area contributed by atoms with E-state index in [-0.39, 0.29) is 23.5 Å². The normalized spacial score (nSPS) is 33.6. The first-order chi connectivity index (χ1) is 8.24. The van der Waals surface area contributed by atoms with Gasteiger partial charge < -0.3 is 10.6 Å². The molecular weight excluding hydrogens is 240 g/mol. The molecule has 0 saturated carbocycles. The third-order valence-corrected chi connectivity index (χ3v) is 4.50. The van der Waals surface area contributed by atoms with Gasteiger partial charge in [-0.3, -0.25) is 14.5 Å². The molecule has 2 saturated heterocycles. The highest BCUT2D eigenvalue weighted by Crippen LogP contribution is 2.31. The van der Waals surface area contributed by atoms with E-state index in [1.165, 1.54) is 0 Å². The largest absolute Gasteiger partial charge is 0.314 e. The van der Waals surface area contributed by atoms with E-state index in [0.29, 0.717) is 17.8 Å². The Balaban J connectivity index is 1.74. The first-order valence-electron chi connectivity index (χ1n) is 5.77. The Hall–Kier alpha value is -0.920. The zero-order chi connectivity index (χ0) is 11.8. The number of piperazine rings is 1. The predicted molar refractivity (Wildman–Crippen MR) is 64.8 cm³/mol. The number of rotatable bonds is 1. The van der Waals surface area contributed by atoms with Crippen LogP contribution >= 0.6 is 11.8 Å². The van der Waals surface area contributed by atoms with Crippen LogP contribution in [0.3, 0.4) is 0 Å². The quantitative estimate of drug-likeness (QED) is 0.574. The van der Waals surface area contributed by atoms with Crippen molar-refractivity contribution < 1.29 is 9.59 Å². The standard InChI is InChI=1S/C10H14N4O2S/c15-8-3-9(16)14-5-7(17-10(14)13-8)6-4-11-1-2-12-6/h6-7,11-12H,1-5H2. The van der Waals surface area contributed by atoms with Crippen LogP contribution in [-0.4, -0.2) is 59.4 Å². The number of carbonyl (C=O) groups is 2. The molecule has 3 heterocycles. The fourth-order valence-corrected chi connectivity index (χ4v) is 3.62. The molecule has 0 radical (unpaired) electrons. The molecule has 92 valence electrons. The predicted octanol–water partition coefficient (Wildman–Crippen LogP) is -1.22. The van der Waals surface area contributed by atoms with Gasteiger partial charge in [-0.2, -0.15) is 4.99 Å². The molecule has 0 aromatic rings. The minimum atomic E-state index is -0.316. The van der Waals surface area contributed by atoms with Crippen LogP contribution in [0.4, 0.5) is 0 Å². The molecule has 2 atom stereocenters. The Morgan fingerprint density at radius 3 is 3.00 bits per heavy atom. The summed E-state index contributed by atoms with van der Waals surface area (Å²) in [4.78, 5) is 28.5. The smallest absolute Gasteiger partial charge is 0.257 e. The Kier molecular flexibility index (Phi) is 2.89. The molecule has 2 N–H and O–H groups in total. The van der Waals surface area contributed by atoms with Gasteiger partial charge in [0.2, 0.25) is 5.91 Å². The zero-order valence-corrected chi connectivity index (χ0v) is 10.1. The topological polar surface area (TPSA) is 73.8 Å². The van der Waals surface area contributed by atoms with Crippen LogP contribution in [0, 0.1) is 0 Å². The second kappa shape index (κ2) is 4.40. The summed E-state index contributed by atoms with van der Waals surface area (Å²) in [5.41, 5.74) is 0. The lowest BCUT2D eigenvalue weighted by molar-refractivity contribution is -0.133. The lowest BCUT2D eigenvalue weighted by Gasteiger charge is -2.28. The summed E-state index contributed by atoms with van der Waals surface area (Å²) >= 11 is 1.54. The number of aliphatic imine (C=N–C) groups is 1. The number of carbonyl (C=O) groups excluding carboxylic acids is 2. The highest BCUT2D eigenvalue weighted by atomic mass is 32.2. The molecule has 2 fully saturated rings. The Morgan fingerprint density at radius 1 is 1.35 bits per heavy atom. The van der Waals surface area contributed by atoms with E-state index in [1.807, 2.05) is 0 Å². The van der Waals surface area contributed by atoms with E-state index >= 15 is 0 Å². The summed E-state index contributed by atoms with van der Waals surface area (Å²) in [7, 11) is 0. The Labute approximate surface area is 103 Å². The van der Waals surface area contributed by atoms with Gasteiger partial charge in [0.15, 0.2) is 5.17 Å². The molecule has 2 unspecified atom stereocenters. The molecule has 0 bridgehead atoms. The highest BCUT2D eigenvalue weighted by Gasteiger charge is 2.40. The van der Waals surface area contributed by atoms with E-state index in [9.17, 15) is 9.59 Å². The zero-order valence-electron chi connectivity index (χ0n) is 9.31. The molecule has 17 heavy (non-hydrogen) atoms. The maximum absolute atomic E-state index is 11.7. The van der Waals surface area contributed by atoms with Crippen LogP contribution in [0.1, 0.15) is 6.42 Å². The van der Waals surface area contributed by atoms with Crippen molar-refractivity contribution in [2.45, 2.75) is 17.7 Å². The monoisotopic (exact) mass is 254 g/mol. The van der Waals surface area contributed by atoms with Gasteiger partial charge in [-0.1, -0.05) is 11.8 Å². The average Bonchev–Trinajstić information content (AvgIpc) is 2.74. The summed E-state index contributed by atoms with van der Waals surface area (Å²) < 4.78 is 0. The highest BCUT2D eigenvalue weighted by molar-refractivity contribution is 8.14. The summed E-state index contributed by atoms with van der Waals surface area (Å²) in [6, 6.07) is 0.338. The van der Waals surface area contributed by atoms with Gasteiger partial charge in [-0.15, -0.1) is 0 Å². The Morgan fingerprint density at radius 2 is 2.24 bits per heavy atom. The van der Waals surface area contributed by atoms with Gasteiger partial charge in [0, 0.05) is 37.5 Å². The molecular formula is C10H14N4O2S. The van der Waals surface area contributed by atoms with E-state index in [1.54, 1.807) is 16.7 Å². The lowest BCUT2D eigenvalue weighted by atomic mass is 10.1. The molecule has 0 spiro atoms. The maximum Gasteiger partial charge on any atom is 0.257 e. The molecule has 3 aliphatic heterocycles. The molecule has 6 nitrogen and oxygen atoms in total. The van der Waals surface area contributed by atoms with E-state index in [4.69, 9.17) is 0 Å². The molecule has 0 aliphatic carbocycles. The van der Waals surface area contributed by atoms with Crippen molar-refractivity contribution >= 4 is 28.7 Å². The molecule has 3 rings (SSSR count). The van der Waals surface area contributed by atoms with Crippen LogP contribution in [-0.2, 0) is 9.59 Å². The molecule has 0 aromatic carbocycles. The van der Waals surface area contributed by atoms with Crippen molar-refractivity contribution in [1.29, 1.82) is 0 Å². The van der Waals surface area contributed by atoms with Crippen molar-refractivity contribution in [3.63, 3.8) is 0 Å². The van der Waals surface area contributed by atoms with E-state index in [0.717, 1.165) is 19.6 Å².